The molecule has 2 heterocycles. The van der Waals surface area contributed by atoms with Crippen LogP contribution >= 0.6 is 0 Å². The van der Waals surface area contributed by atoms with E-state index in [0.717, 1.165) is 55.4 Å². The Labute approximate surface area is 170 Å². The zero-order chi connectivity index (χ0) is 20.1. The lowest BCUT2D eigenvalue weighted by atomic mass is 10.0. The second-order valence-electron chi connectivity index (χ2n) is 7.02. The zero-order valence-electron chi connectivity index (χ0n) is 16.6. The van der Waals surface area contributed by atoms with Gasteiger partial charge in [-0.25, -0.2) is 4.68 Å². The molecule has 6 nitrogen and oxygen atoms in total. The van der Waals surface area contributed by atoms with Crippen LogP contribution in [0.3, 0.4) is 0 Å². The van der Waals surface area contributed by atoms with Crippen LogP contribution in [0.25, 0.3) is 22.4 Å². The fourth-order valence-electron chi connectivity index (χ4n) is 3.50. The topological polar surface area (TPSA) is 56.6 Å². The molecule has 1 aromatic heterocycles. The average Bonchev–Trinajstić information content (AvgIpc) is 2.79. The summed E-state index contributed by atoms with van der Waals surface area (Å²) in [6, 6.07) is 19.4. The molecular weight excluding hydrogens is 366 g/mol. The smallest absolute Gasteiger partial charge is 0.274 e. The molecule has 0 atom stereocenters. The number of hydrogen-bond acceptors (Lipinski definition) is 5. The van der Waals surface area contributed by atoms with Crippen LogP contribution in [-0.4, -0.2) is 54.6 Å². The third-order valence-electron chi connectivity index (χ3n) is 5.16. The predicted octanol–water partition coefficient (Wildman–Crippen LogP) is 2.92. The molecule has 0 radical (unpaired) electrons. The standard InChI is InChI=1S/C23H25N3O3/c1-28-20-9-5-8-19(16-20)22-17-21(18-6-3-2-4-7-18)23(27)26(24-22)11-10-25-12-14-29-15-13-25/h2-9,16-17H,10-15H2,1H3. The third kappa shape index (κ3) is 4.55. The molecule has 150 valence electrons. The van der Waals surface area contributed by atoms with Crippen LogP contribution in [0.5, 0.6) is 5.75 Å². The summed E-state index contributed by atoms with van der Waals surface area (Å²) in [7, 11) is 1.64. The maximum absolute atomic E-state index is 13.2. The van der Waals surface area contributed by atoms with E-state index in [-0.39, 0.29) is 5.56 Å². The molecule has 6 heteroatoms. The largest absolute Gasteiger partial charge is 0.497 e. The Kier molecular flexibility index (Phi) is 6.03. The average molecular weight is 391 g/mol. The van der Waals surface area contributed by atoms with Gasteiger partial charge in [0.2, 0.25) is 0 Å². The summed E-state index contributed by atoms with van der Waals surface area (Å²) < 4.78 is 12.4. The Morgan fingerprint density at radius 2 is 1.72 bits per heavy atom. The fourth-order valence-corrected chi connectivity index (χ4v) is 3.50. The first-order valence-corrected chi connectivity index (χ1v) is 9.87. The molecule has 0 bridgehead atoms. The second kappa shape index (κ2) is 9.03. The van der Waals surface area contributed by atoms with Crippen LogP contribution in [0.1, 0.15) is 0 Å². The first kappa shape index (κ1) is 19.4. The molecule has 4 rings (SSSR count). The van der Waals surface area contributed by atoms with Gasteiger partial charge in [-0.3, -0.25) is 9.69 Å². The van der Waals surface area contributed by atoms with Crippen molar-refractivity contribution in [3.05, 3.63) is 71.0 Å². The van der Waals surface area contributed by atoms with E-state index in [0.29, 0.717) is 12.1 Å². The molecule has 0 aliphatic carbocycles. The van der Waals surface area contributed by atoms with E-state index in [1.54, 1.807) is 11.8 Å². The van der Waals surface area contributed by atoms with Gasteiger partial charge in [-0.05, 0) is 23.8 Å². The maximum Gasteiger partial charge on any atom is 0.274 e. The van der Waals surface area contributed by atoms with E-state index < -0.39 is 0 Å². The molecule has 0 spiro atoms. The number of benzene rings is 2. The normalized spacial score (nSPS) is 14.7. The van der Waals surface area contributed by atoms with E-state index in [1.165, 1.54) is 0 Å². The highest BCUT2D eigenvalue weighted by Gasteiger charge is 2.15. The number of ether oxygens (including phenoxy) is 2. The fraction of sp³-hybridized carbons (Fsp3) is 0.304. The lowest BCUT2D eigenvalue weighted by Crippen LogP contribution is -2.39. The number of hydrogen-bond donors (Lipinski definition) is 0. The Morgan fingerprint density at radius 3 is 2.48 bits per heavy atom. The van der Waals surface area contributed by atoms with Crippen molar-refractivity contribution in [3.8, 4) is 28.1 Å². The van der Waals surface area contributed by atoms with Crippen molar-refractivity contribution in [1.29, 1.82) is 0 Å². The minimum absolute atomic E-state index is 0.0731. The molecule has 1 aliphatic heterocycles. The number of nitrogens with zero attached hydrogens (tertiary/aromatic N) is 3. The molecule has 1 fully saturated rings. The zero-order valence-corrected chi connectivity index (χ0v) is 16.6. The highest BCUT2D eigenvalue weighted by atomic mass is 16.5. The highest BCUT2D eigenvalue weighted by Crippen LogP contribution is 2.25. The van der Waals surface area contributed by atoms with Crippen LogP contribution in [0.15, 0.2) is 65.5 Å². The van der Waals surface area contributed by atoms with Gasteiger partial charge < -0.3 is 9.47 Å². The molecule has 0 amide bonds. The Balaban J connectivity index is 1.73. The number of methoxy groups -OCH3 is 1. The van der Waals surface area contributed by atoms with Gasteiger partial charge in [-0.2, -0.15) is 5.10 Å². The van der Waals surface area contributed by atoms with Crippen LogP contribution in [0.2, 0.25) is 0 Å². The van der Waals surface area contributed by atoms with E-state index in [9.17, 15) is 4.79 Å². The van der Waals surface area contributed by atoms with Gasteiger partial charge in [-0.1, -0.05) is 42.5 Å². The molecule has 1 saturated heterocycles. The van der Waals surface area contributed by atoms with Gasteiger partial charge in [0.05, 0.1) is 38.1 Å². The van der Waals surface area contributed by atoms with E-state index in [4.69, 9.17) is 9.47 Å². The molecule has 0 unspecified atom stereocenters. The molecule has 0 saturated carbocycles. The van der Waals surface area contributed by atoms with Crippen molar-refractivity contribution < 1.29 is 9.47 Å². The number of rotatable bonds is 6. The van der Waals surface area contributed by atoms with Gasteiger partial charge in [0.15, 0.2) is 0 Å². The van der Waals surface area contributed by atoms with Gasteiger partial charge in [0.25, 0.3) is 5.56 Å². The maximum atomic E-state index is 13.2. The predicted molar refractivity (Wildman–Crippen MR) is 113 cm³/mol. The molecule has 3 aromatic rings. The van der Waals surface area contributed by atoms with Gasteiger partial charge in [-0.15, -0.1) is 0 Å². The van der Waals surface area contributed by atoms with E-state index in [2.05, 4.69) is 10.00 Å². The second-order valence-corrected chi connectivity index (χ2v) is 7.02. The molecule has 1 aliphatic rings. The minimum atomic E-state index is -0.0731. The Morgan fingerprint density at radius 1 is 0.966 bits per heavy atom. The van der Waals surface area contributed by atoms with Crippen molar-refractivity contribution in [2.45, 2.75) is 6.54 Å². The first-order chi connectivity index (χ1) is 14.2. The minimum Gasteiger partial charge on any atom is -0.497 e. The highest BCUT2D eigenvalue weighted by molar-refractivity contribution is 5.70. The summed E-state index contributed by atoms with van der Waals surface area (Å²) in [5, 5.41) is 4.68. The van der Waals surface area contributed by atoms with Crippen LogP contribution < -0.4 is 10.3 Å². The summed E-state index contributed by atoms with van der Waals surface area (Å²) in [6.07, 6.45) is 0. The quantitative estimate of drug-likeness (QED) is 0.647. The Bertz CT molecular complexity index is 1010. The van der Waals surface area contributed by atoms with Crippen molar-refractivity contribution in [2.75, 3.05) is 40.0 Å². The molecule has 2 aromatic carbocycles. The molecular formula is C23H25N3O3. The summed E-state index contributed by atoms with van der Waals surface area (Å²) in [4.78, 5) is 15.5. The van der Waals surface area contributed by atoms with Gasteiger partial charge in [0.1, 0.15) is 5.75 Å². The summed E-state index contributed by atoms with van der Waals surface area (Å²) in [5.41, 5.74) is 3.15. The van der Waals surface area contributed by atoms with Crippen LogP contribution in [-0.2, 0) is 11.3 Å². The van der Waals surface area contributed by atoms with E-state index in [1.807, 2.05) is 60.7 Å². The SMILES string of the molecule is COc1cccc(-c2cc(-c3ccccc3)c(=O)n(CCN3CCOCC3)n2)c1. The summed E-state index contributed by atoms with van der Waals surface area (Å²) in [5.74, 6) is 0.761. The first-order valence-electron chi connectivity index (χ1n) is 9.87. The third-order valence-corrected chi connectivity index (χ3v) is 5.16. The Hall–Kier alpha value is -2.96. The lowest BCUT2D eigenvalue weighted by molar-refractivity contribution is 0.0358. The van der Waals surface area contributed by atoms with Crippen LogP contribution in [0.4, 0.5) is 0 Å². The lowest BCUT2D eigenvalue weighted by Gasteiger charge is -2.26. The van der Waals surface area contributed by atoms with Gasteiger partial charge in [0, 0.05) is 25.2 Å². The molecule has 0 N–H and O–H groups in total. The number of aromatic nitrogens is 2. The van der Waals surface area contributed by atoms with Crippen molar-refractivity contribution in [1.82, 2.24) is 14.7 Å². The van der Waals surface area contributed by atoms with Crippen molar-refractivity contribution >= 4 is 0 Å². The summed E-state index contributed by atoms with van der Waals surface area (Å²) >= 11 is 0. The summed E-state index contributed by atoms with van der Waals surface area (Å²) in [6.45, 7) is 4.55. The van der Waals surface area contributed by atoms with Gasteiger partial charge >= 0.3 is 0 Å². The monoisotopic (exact) mass is 391 g/mol. The van der Waals surface area contributed by atoms with Crippen molar-refractivity contribution in [2.24, 2.45) is 0 Å². The van der Waals surface area contributed by atoms with Crippen LogP contribution in [0, 0.1) is 0 Å². The van der Waals surface area contributed by atoms with E-state index >= 15 is 0 Å². The molecule has 29 heavy (non-hydrogen) atoms. The van der Waals surface area contributed by atoms with Crippen molar-refractivity contribution in [3.63, 3.8) is 0 Å². The number of morpholine rings is 1.